The first-order valence-electron chi connectivity index (χ1n) is 5.65. The summed E-state index contributed by atoms with van der Waals surface area (Å²) in [6.07, 6.45) is 1.14. The lowest BCUT2D eigenvalue weighted by Crippen LogP contribution is -2.20. The molecule has 1 aromatic carbocycles. The van der Waals surface area contributed by atoms with Crippen LogP contribution in [0, 0.1) is 13.8 Å². The Hall–Kier alpha value is -1.51. The topological polar surface area (TPSA) is 49.3 Å². The molecule has 16 heavy (non-hydrogen) atoms. The minimum absolute atomic E-state index is 0.160. The van der Waals surface area contributed by atoms with Crippen molar-refractivity contribution in [1.29, 1.82) is 0 Å². The molecule has 0 saturated heterocycles. The largest absolute Gasteiger partial charge is 0.481 e. The number of carboxylic acids is 1. The van der Waals surface area contributed by atoms with Crippen molar-refractivity contribution in [1.82, 2.24) is 0 Å². The van der Waals surface area contributed by atoms with Crippen LogP contribution in [-0.4, -0.2) is 17.6 Å². The van der Waals surface area contributed by atoms with Crippen LogP contribution in [-0.2, 0) is 4.79 Å². The normalized spacial score (nSPS) is 18.8. The van der Waals surface area contributed by atoms with Gasteiger partial charge in [0.1, 0.15) is 0 Å². The summed E-state index contributed by atoms with van der Waals surface area (Å²) in [5.74, 6) is -0.552. The summed E-state index contributed by atoms with van der Waals surface area (Å²) in [6.45, 7) is 5.04. The third kappa shape index (κ3) is 1.90. The third-order valence-electron chi connectivity index (χ3n) is 3.42. The number of carboxylic acid groups (broad SMARTS) is 1. The molecule has 86 valence electrons. The molecule has 0 aromatic heterocycles. The Kier molecular flexibility index (Phi) is 2.86. The van der Waals surface area contributed by atoms with Gasteiger partial charge in [-0.3, -0.25) is 4.79 Å². The number of benzene rings is 1. The van der Waals surface area contributed by atoms with Gasteiger partial charge in [0.15, 0.2) is 0 Å². The quantitative estimate of drug-likeness (QED) is 0.804. The summed E-state index contributed by atoms with van der Waals surface area (Å²) in [7, 11) is 0. The van der Waals surface area contributed by atoms with Crippen LogP contribution < -0.4 is 5.32 Å². The number of anilines is 1. The van der Waals surface area contributed by atoms with Crippen LogP contribution in [0.25, 0.3) is 0 Å². The van der Waals surface area contributed by atoms with E-state index in [1.165, 1.54) is 11.1 Å². The van der Waals surface area contributed by atoms with Crippen molar-refractivity contribution in [2.45, 2.75) is 32.6 Å². The van der Waals surface area contributed by atoms with Crippen molar-refractivity contribution in [2.75, 3.05) is 11.9 Å². The lowest BCUT2D eigenvalue weighted by Gasteiger charge is -2.27. The fraction of sp³-hybridized carbons (Fsp3) is 0.462. The molecule has 0 saturated carbocycles. The maximum atomic E-state index is 10.8. The van der Waals surface area contributed by atoms with Crippen molar-refractivity contribution in [2.24, 2.45) is 0 Å². The number of fused-ring (bicyclic) bond motifs is 1. The van der Waals surface area contributed by atoms with Gasteiger partial charge in [-0.15, -0.1) is 0 Å². The highest BCUT2D eigenvalue weighted by Gasteiger charge is 2.23. The Labute approximate surface area is 95.5 Å². The first kappa shape index (κ1) is 11.0. The van der Waals surface area contributed by atoms with E-state index in [4.69, 9.17) is 5.11 Å². The lowest BCUT2D eigenvalue weighted by molar-refractivity contribution is -0.137. The molecule has 0 fully saturated rings. The standard InChI is InChI=1S/C13H17NO2/c1-8-3-4-11-10(7-12(15)16)5-6-14-13(11)9(8)2/h3-4,10,14H,5-7H2,1-2H3,(H,15,16). The van der Waals surface area contributed by atoms with Crippen LogP contribution in [0.4, 0.5) is 5.69 Å². The summed E-state index contributed by atoms with van der Waals surface area (Å²) in [4.78, 5) is 10.8. The molecule has 2 N–H and O–H groups in total. The van der Waals surface area contributed by atoms with Gasteiger partial charge in [-0.25, -0.2) is 0 Å². The highest BCUT2D eigenvalue weighted by molar-refractivity contribution is 5.70. The SMILES string of the molecule is Cc1ccc2c(c1C)NCCC2CC(=O)O. The Bertz CT molecular complexity index is 426. The van der Waals surface area contributed by atoms with Crippen molar-refractivity contribution < 1.29 is 9.90 Å². The fourth-order valence-electron chi connectivity index (χ4n) is 2.36. The van der Waals surface area contributed by atoms with Gasteiger partial charge < -0.3 is 10.4 Å². The highest BCUT2D eigenvalue weighted by Crippen LogP contribution is 2.36. The second-order valence-corrected chi connectivity index (χ2v) is 4.48. The van der Waals surface area contributed by atoms with Gasteiger partial charge >= 0.3 is 5.97 Å². The Morgan fingerprint density at radius 1 is 1.50 bits per heavy atom. The number of carbonyl (C=O) groups is 1. The molecular weight excluding hydrogens is 202 g/mol. The van der Waals surface area contributed by atoms with E-state index in [0.717, 1.165) is 24.2 Å². The van der Waals surface area contributed by atoms with Gasteiger partial charge in [-0.05, 0) is 42.9 Å². The number of hydrogen-bond donors (Lipinski definition) is 2. The molecule has 0 radical (unpaired) electrons. The molecule has 2 rings (SSSR count). The number of nitrogens with one attached hydrogen (secondary N) is 1. The van der Waals surface area contributed by atoms with Crippen LogP contribution in [0.3, 0.4) is 0 Å². The predicted octanol–water partition coefficient (Wildman–Crippen LogP) is 2.68. The molecule has 3 nitrogen and oxygen atoms in total. The van der Waals surface area contributed by atoms with E-state index in [1.54, 1.807) is 0 Å². The van der Waals surface area contributed by atoms with E-state index in [9.17, 15) is 4.79 Å². The molecule has 3 heteroatoms. The molecule has 1 atom stereocenters. The molecule has 0 bridgehead atoms. The zero-order valence-corrected chi connectivity index (χ0v) is 9.71. The van der Waals surface area contributed by atoms with Gasteiger partial charge in [0.05, 0.1) is 6.42 Å². The summed E-state index contributed by atoms with van der Waals surface area (Å²) < 4.78 is 0. The fourth-order valence-corrected chi connectivity index (χ4v) is 2.36. The van der Waals surface area contributed by atoms with Crippen molar-refractivity contribution in [3.05, 3.63) is 28.8 Å². The average Bonchev–Trinajstić information content (AvgIpc) is 2.23. The van der Waals surface area contributed by atoms with Gasteiger partial charge in [0, 0.05) is 12.2 Å². The van der Waals surface area contributed by atoms with Crippen LogP contribution >= 0.6 is 0 Å². The zero-order chi connectivity index (χ0) is 11.7. The van der Waals surface area contributed by atoms with Crippen LogP contribution in [0.5, 0.6) is 0 Å². The number of rotatable bonds is 2. The molecule has 0 aliphatic carbocycles. The van der Waals surface area contributed by atoms with E-state index >= 15 is 0 Å². The summed E-state index contributed by atoms with van der Waals surface area (Å²) >= 11 is 0. The first-order valence-corrected chi connectivity index (χ1v) is 5.65. The van der Waals surface area contributed by atoms with Gasteiger partial charge in [-0.1, -0.05) is 12.1 Å². The average molecular weight is 219 g/mol. The van der Waals surface area contributed by atoms with Gasteiger partial charge in [0.2, 0.25) is 0 Å². The van der Waals surface area contributed by atoms with Gasteiger partial charge in [-0.2, -0.15) is 0 Å². The number of aliphatic carboxylic acids is 1. The van der Waals surface area contributed by atoms with Crippen LogP contribution in [0.15, 0.2) is 12.1 Å². The minimum Gasteiger partial charge on any atom is -0.481 e. The van der Waals surface area contributed by atoms with Crippen molar-refractivity contribution in [3.63, 3.8) is 0 Å². The molecule has 0 amide bonds. The molecule has 1 unspecified atom stereocenters. The van der Waals surface area contributed by atoms with E-state index in [0.29, 0.717) is 0 Å². The third-order valence-corrected chi connectivity index (χ3v) is 3.42. The lowest BCUT2D eigenvalue weighted by atomic mass is 9.86. The second-order valence-electron chi connectivity index (χ2n) is 4.48. The van der Waals surface area contributed by atoms with Gasteiger partial charge in [0.25, 0.3) is 0 Å². The van der Waals surface area contributed by atoms with E-state index in [-0.39, 0.29) is 12.3 Å². The van der Waals surface area contributed by atoms with E-state index in [2.05, 4.69) is 31.3 Å². The van der Waals surface area contributed by atoms with Crippen molar-refractivity contribution in [3.8, 4) is 0 Å². The number of aryl methyl sites for hydroxylation is 1. The molecule has 0 spiro atoms. The maximum Gasteiger partial charge on any atom is 0.303 e. The van der Waals surface area contributed by atoms with Crippen LogP contribution in [0.1, 0.15) is 35.4 Å². The Balaban J connectivity index is 2.39. The second kappa shape index (κ2) is 4.16. The van der Waals surface area contributed by atoms with Crippen molar-refractivity contribution >= 4 is 11.7 Å². The first-order chi connectivity index (χ1) is 7.59. The Morgan fingerprint density at radius 2 is 2.25 bits per heavy atom. The highest BCUT2D eigenvalue weighted by atomic mass is 16.4. The summed E-state index contributed by atoms with van der Waals surface area (Å²) in [5.41, 5.74) is 4.81. The molecule has 1 aliphatic rings. The molecule has 1 aromatic rings. The monoisotopic (exact) mass is 219 g/mol. The Morgan fingerprint density at radius 3 is 2.94 bits per heavy atom. The van der Waals surface area contributed by atoms with E-state index in [1.807, 2.05) is 0 Å². The predicted molar refractivity (Wildman–Crippen MR) is 64.0 cm³/mol. The van der Waals surface area contributed by atoms with Crippen LogP contribution in [0.2, 0.25) is 0 Å². The minimum atomic E-state index is -0.712. The summed E-state index contributed by atoms with van der Waals surface area (Å²) in [6, 6.07) is 4.15. The smallest absolute Gasteiger partial charge is 0.303 e. The summed E-state index contributed by atoms with van der Waals surface area (Å²) in [5, 5.41) is 12.3. The molecular formula is C13H17NO2. The molecule has 1 aliphatic heterocycles. The maximum absolute atomic E-state index is 10.8. The number of hydrogen-bond acceptors (Lipinski definition) is 2. The van der Waals surface area contributed by atoms with E-state index < -0.39 is 5.97 Å². The zero-order valence-electron chi connectivity index (χ0n) is 9.71. The molecule has 1 heterocycles.